The van der Waals surface area contributed by atoms with Gasteiger partial charge in [-0.25, -0.2) is 4.39 Å². The largest absolute Gasteiger partial charge is 0.507 e. The molecule has 0 amide bonds. The van der Waals surface area contributed by atoms with Gasteiger partial charge in [0.2, 0.25) is 0 Å². The predicted octanol–water partition coefficient (Wildman–Crippen LogP) is 5.15. The van der Waals surface area contributed by atoms with Crippen LogP contribution in [0.3, 0.4) is 0 Å². The zero-order chi connectivity index (χ0) is 24.3. The second-order valence-electron chi connectivity index (χ2n) is 11.0. The summed E-state index contributed by atoms with van der Waals surface area (Å²) in [6, 6.07) is 9.83. The number of nitrogens with zero attached hydrogens (tertiary/aromatic N) is 4. The molecule has 5 rings (SSSR count). The molecule has 34 heavy (non-hydrogen) atoms. The maximum Gasteiger partial charge on any atom is 0.250 e. The summed E-state index contributed by atoms with van der Waals surface area (Å²) >= 11 is 0. The van der Waals surface area contributed by atoms with E-state index in [-0.39, 0.29) is 22.6 Å². The van der Waals surface area contributed by atoms with Gasteiger partial charge < -0.3 is 14.6 Å². The molecular formula is C27H31FN4O2. The van der Waals surface area contributed by atoms with Crippen LogP contribution in [0.2, 0.25) is 0 Å². The fourth-order valence-electron chi connectivity index (χ4n) is 6.22. The normalized spacial score (nSPS) is 26.0. The van der Waals surface area contributed by atoms with Crippen molar-refractivity contribution in [1.82, 2.24) is 14.8 Å². The van der Waals surface area contributed by atoms with E-state index in [0.29, 0.717) is 28.0 Å². The number of rotatable bonds is 4. The Balaban J connectivity index is 1.40. The first-order valence-electron chi connectivity index (χ1n) is 11.8. The number of phenols is 1. The molecule has 2 fully saturated rings. The Kier molecular flexibility index (Phi) is 5.26. The summed E-state index contributed by atoms with van der Waals surface area (Å²) in [6.07, 6.45) is 7.75. The summed E-state index contributed by atoms with van der Waals surface area (Å²) in [4.78, 5) is 14.1. The quantitative estimate of drug-likeness (QED) is 0.581. The molecule has 2 aliphatic carbocycles. The van der Waals surface area contributed by atoms with Crippen LogP contribution in [-0.4, -0.2) is 33.0 Å². The van der Waals surface area contributed by atoms with E-state index in [1.54, 1.807) is 25.4 Å². The molecule has 6 nitrogen and oxygen atoms in total. The van der Waals surface area contributed by atoms with E-state index in [0.717, 1.165) is 18.7 Å². The maximum absolute atomic E-state index is 15.1. The smallest absolute Gasteiger partial charge is 0.250 e. The summed E-state index contributed by atoms with van der Waals surface area (Å²) in [5, 5.41) is 19.3. The van der Waals surface area contributed by atoms with Crippen molar-refractivity contribution in [2.75, 3.05) is 11.9 Å². The van der Waals surface area contributed by atoms with Crippen molar-refractivity contribution in [2.24, 2.45) is 17.9 Å². The highest BCUT2D eigenvalue weighted by atomic mass is 19.1. The number of aromatic nitrogens is 3. The minimum atomic E-state index is -0.615. The summed E-state index contributed by atoms with van der Waals surface area (Å²) in [5.41, 5.74) is 1.81. The number of fused-ring (bicyclic) bond motifs is 2. The van der Waals surface area contributed by atoms with Gasteiger partial charge in [-0.1, -0.05) is 13.8 Å². The summed E-state index contributed by atoms with van der Waals surface area (Å²) in [6.45, 7) is 4.80. The number of aryl methyl sites for hydroxylation is 1. The van der Waals surface area contributed by atoms with Crippen molar-refractivity contribution in [3.8, 4) is 28.1 Å². The number of benzene rings is 1. The topological polar surface area (TPSA) is 71.2 Å². The lowest BCUT2D eigenvalue weighted by Crippen LogP contribution is -2.42. The number of hydrogen-bond acceptors (Lipinski definition) is 5. The van der Waals surface area contributed by atoms with E-state index in [1.165, 1.54) is 42.0 Å². The van der Waals surface area contributed by atoms with Crippen LogP contribution in [0.25, 0.3) is 22.4 Å². The molecule has 0 aliphatic heterocycles. The van der Waals surface area contributed by atoms with Crippen molar-refractivity contribution < 1.29 is 9.50 Å². The Morgan fingerprint density at radius 1 is 1.06 bits per heavy atom. The van der Waals surface area contributed by atoms with Gasteiger partial charge in [-0.2, -0.15) is 0 Å². The molecular weight excluding hydrogens is 431 g/mol. The minimum Gasteiger partial charge on any atom is -0.507 e. The van der Waals surface area contributed by atoms with Crippen LogP contribution in [0.4, 0.5) is 10.2 Å². The molecule has 2 heterocycles. The molecule has 0 unspecified atom stereocenters. The first-order chi connectivity index (χ1) is 16.1. The Bertz CT molecular complexity index is 1260. The van der Waals surface area contributed by atoms with Crippen LogP contribution in [-0.2, 0) is 7.05 Å². The highest BCUT2D eigenvalue weighted by Gasteiger charge is 2.50. The molecule has 0 radical (unpaired) electrons. The summed E-state index contributed by atoms with van der Waals surface area (Å²) in [5.74, 6) is -0.106. The number of aromatic hydroxyl groups is 1. The highest BCUT2D eigenvalue weighted by Crippen LogP contribution is 2.58. The molecule has 2 saturated carbocycles. The van der Waals surface area contributed by atoms with E-state index in [4.69, 9.17) is 0 Å². The molecule has 3 atom stereocenters. The van der Waals surface area contributed by atoms with Gasteiger partial charge in [0.15, 0.2) is 5.82 Å². The van der Waals surface area contributed by atoms with Crippen molar-refractivity contribution in [1.29, 1.82) is 0 Å². The first-order valence-corrected chi connectivity index (χ1v) is 11.8. The van der Waals surface area contributed by atoms with Crippen molar-refractivity contribution >= 4 is 5.82 Å². The number of hydrogen-bond donors (Lipinski definition) is 1. The van der Waals surface area contributed by atoms with E-state index >= 15 is 4.39 Å². The van der Waals surface area contributed by atoms with Crippen LogP contribution in [0.15, 0.2) is 47.4 Å². The van der Waals surface area contributed by atoms with E-state index in [9.17, 15) is 9.90 Å². The second-order valence-corrected chi connectivity index (χ2v) is 11.0. The van der Waals surface area contributed by atoms with Gasteiger partial charge in [0, 0.05) is 32.4 Å². The Morgan fingerprint density at radius 3 is 2.35 bits per heavy atom. The summed E-state index contributed by atoms with van der Waals surface area (Å²) in [7, 11) is 3.70. The van der Waals surface area contributed by atoms with E-state index in [1.807, 2.05) is 6.07 Å². The second kappa shape index (κ2) is 7.93. The number of pyridine rings is 1. The molecule has 0 spiro atoms. The van der Waals surface area contributed by atoms with Gasteiger partial charge in [0.25, 0.3) is 5.56 Å². The molecule has 1 N–H and O–H groups in total. The van der Waals surface area contributed by atoms with Crippen LogP contribution >= 0.6 is 0 Å². The lowest BCUT2D eigenvalue weighted by atomic mass is 9.68. The highest BCUT2D eigenvalue weighted by molar-refractivity contribution is 5.75. The lowest BCUT2D eigenvalue weighted by Gasteiger charge is -2.44. The Labute approximate surface area is 199 Å². The van der Waals surface area contributed by atoms with Gasteiger partial charge in [-0.3, -0.25) is 4.79 Å². The number of halogens is 1. The van der Waals surface area contributed by atoms with Gasteiger partial charge in [-0.15, -0.1) is 10.2 Å². The molecule has 178 valence electrons. The Morgan fingerprint density at radius 2 is 1.76 bits per heavy atom. The third-order valence-electron chi connectivity index (χ3n) is 7.97. The van der Waals surface area contributed by atoms with Crippen molar-refractivity contribution in [3.63, 3.8) is 0 Å². The first kappa shape index (κ1) is 22.6. The zero-order valence-electron chi connectivity index (χ0n) is 20.2. The van der Waals surface area contributed by atoms with Crippen molar-refractivity contribution in [3.05, 3.63) is 58.8 Å². The molecule has 1 aromatic carbocycles. The maximum atomic E-state index is 15.1. The predicted molar refractivity (Wildman–Crippen MR) is 131 cm³/mol. The van der Waals surface area contributed by atoms with E-state index in [2.05, 4.69) is 36.0 Å². The van der Waals surface area contributed by atoms with Gasteiger partial charge in [0.1, 0.15) is 11.6 Å². The van der Waals surface area contributed by atoms with Crippen LogP contribution in [0.1, 0.15) is 46.0 Å². The monoisotopic (exact) mass is 462 g/mol. The molecule has 2 aromatic heterocycles. The zero-order valence-corrected chi connectivity index (χ0v) is 20.2. The van der Waals surface area contributed by atoms with Gasteiger partial charge in [-0.05, 0) is 84.4 Å². The molecule has 3 aromatic rings. The molecule has 7 heteroatoms. The fraction of sp³-hybridized carbons (Fsp3) is 0.444. The Hall–Kier alpha value is -3.22. The van der Waals surface area contributed by atoms with E-state index < -0.39 is 5.82 Å². The van der Waals surface area contributed by atoms with Crippen LogP contribution in [0, 0.1) is 16.6 Å². The average Bonchev–Trinajstić information content (AvgIpc) is 3.01. The van der Waals surface area contributed by atoms with Gasteiger partial charge in [0.05, 0.1) is 11.3 Å². The summed E-state index contributed by atoms with van der Waals surface area (Å²) < 4.78 is 16.5. The van der Waals surface area contributed by atoms with Crippen LogP contribution < -0.4 is 10.5 Å². The van der Waals surface area contributed by atoms with Gasteiger partial charge >= 0.3 is 0 Å². The molecule has 2 bridgehead atoms. The van der Waals surface area contributed by atoms with Crippen molar-refractivity contribution in [2.45, 2.75) is 52.0 Å². The number of phenolic OH excluding ortho intramolecular Hbond substituents is 1. The third-order valence-corrected chi connectivity index (χ3v) is 7.97. The third kappa shape index (κ3) is 3.97. The standard InChI is InChI=1S/C27H31FN4O2/c1-26-8-9-27(2,16-26)15-19(14-26)32(4)23-6-5-21(29-30-23)25-20(28)11-18(12-22(25)33)17-7-10-31(3)24(34)13-17/h5-7,10-13,19,33H,8-9,14-16H2,1-4H3/t19-,26-,27+. The lowest BCUT2D eigenvalue weighted by molar-refractivity contribution is 0.148. The average molecular weight is 463 g/mol. The fourth-order valence-corrected chi connectivity index (χ4v) is 6.22. The molecule has 2 aliphatic rings. The minimum absolute atomic E-state index is 0.00465. The van der Waals surface area contributed by atoms with Crippen LogP contribution in [0.5, 0.6) is 5.75 Å². The molecule has 0 saturated heterocycles. The number of anilines is 1. The SMILES string of the molecule is CN(c1ccc(-c2c(O)cc(-c3ccn(C)c(=O)c3)cc2F)nn1)[C@H]1C[C@]2(C)CC[C@](C)(C1)C2.